The Bertz CT molecular complexity index is 728. The molecule has 0 fully saturated rings. The van der Waals surface area contributed by atoms with Crippen LogP contribution < -0.4 is 10.4 Å². The van der Waals surface area contributed by atoms with Crippen molar-refractivity contribution in [1.29, 1.82) is 0 Å². The molecule has 0 aliphatic rings. The Morgan fingerprint density at radius 1 is 0.760 bits per heavy atom. The van der Waals surface area contributed by atoms with Crippen LogP contribution in [0.2, 0.25) is 39.3 Å². The van der Waals surface area contributed by atoms with Gasteiger partial charge in [0.25, 0.3) is 0 Å². The molecule has 0 aromatic heterocycles. The van der Waals surface area contributed by atoms with Crippen molar-refractivity contribution in [3.8, 4) is 11.5 Å². The molecule has 0 atom stereocenters. The Kier molecular flexibility index (Phi) is 6.45. The van der Waals surface area contributed by atoms with Crippen molar-refractivity contribution in [1.82, 2.24) is 0 Å². The van der Waals surface area contributed by atoms with Gasteiger partial charge in [-0.15, -0.1) is 5.54 Å². The second-order valence-electron chi connectivity index (χ2n) is 8.53. The summed E-state index contributed by atoms with van der Waals surface area (Å²) in [7, 11) is -3.83. The van der Waals surface area contributed by atoms with E-state index in [1.165, 1.54) is 15.6 Å². The fraction of sp³-hybridized carbons (Fsp3) is 0.273. The number of hydrogen-bond donors (Lipinski definition) is 0. The summed E-state index contributed by atoms with van der Waals surface area (Å²) >= 11 is 0. The van der Waals surface area contributed by atoms with E-state index in [0.717, 1.165) is 0 Å². The van der Waals surface area contributed by atoms with Crippen molar-refractivity contribution < 1.29 is 0 Å². The predicted molar refractivity (Wildman–Crippen MR) is 120 cm³/mol. The zero-order valence-corrected chi connectivity index (χ0v) is 19.4. The first kappa shape index (κ1) is 19.7. The molecular weight excluding hydrogens is 349 g/mol. The predicted octanol–water partition coefficient (Wildman–Crippen LogP) is 4.52. The molecule has 0 saturated heterocycles. The summed E-state index contributed by atoms with van der Waals surface area (Å²) in [6.07, 6.45) is 0. The summed E-state index contributed by atoms with van der Waals surface area (Å²) < 4.78 is 0. The van der Waals surface area contributed by atoms with Crippen molar-refractivity contribution in [3.63, 3.8) is 0 Å². The molecule has 129 valence electrons. The first-order valence-corrected chi connectivity index (χ1v) is 17.5. The van der Waals surface area contributed by atoms with Gasteiger partial charge >= 0.3 is 0 Å². The molecule has 25 heavy (non-hydrogen) atoms. The second-order valence-corrected chi connectivity index (χ2v) is 20.7. The topological polar surface area (TPSA) is 0 Å². The normalized spacial score (nSPS) is 12.7. The van der Waals surface area contributed by atoms with E-state index in [1.807, 2.05) is 0 Å². The van der Waals surface area contributed by atoms with E-state index in [0.29, 0.717) is 0 Å². The van der Waals surface area contributed by atoms with Gasteiger partial charge < -0.3 is 0 Å². The molecule has 0 unspecified atom stereocenters. The molecule has 2 aromatic rings. The SMILES string of the molecule is C[Si](C)(C)C#C/C(=C\[Si](C)(C)C)[Si](c1ccccc1)c1ccccc1. The molecule has 2 aromatic carbocycles. The zero-order valence-electron chi connectivity index (χ0n) is 16.4. The molecule has 0 spiro atoms. The molecule has 2 rings (SSSR count). The van der Waals surface area contributed by atoms with Gasteiger partial charge in [0.05, 0.1) is 8.07 Å². The lowest BCUT2D eigenvalue weighted by Gasteiger charge is -2.20. The zero-order chi connectivity index (χ0) is 18.5. The molecule has 3 heteroatoms. The van der Waals surface area contributed by atoms with E-state index in [1.54, 1.807) is 0 Å². The van der Waals surface area contributed by atoms with Gasteiger partial charge in [-0.3, -0.25) is 0 Å². The largest absolute Gasteiger partial charge is 0.164 e. The molecular formula is C22H29Si3. The molecule has 0 aliphatic carbocycles. The highest BCUT2D eigenvalue weighted by atomic mass is 28.3. The molecule has 0 aliphatic heterocycles. The first-order valence-electron chi connectivity index (χ1n) is 8.90. The van der Waals surface area contributed by atoms with Crippen molar-refractivity contribution in [2.24, 2.45) is 0 Å². The molecule has 0 saturated carbocycles. The van der Waals surface area contributed by atoms with Gasteiger partial charge in [-0.25, -0.2) is 0 Å². The number of rotatable bonds is 4. The summed E-state index contributed by atoms with van der Waals surface area (Å²) in [5, 5.41) is 4.23. The van der Waals surface area contributed by atoms with Crippen LogP contribution in [0.4, 0.5) is 0 Å². The van der Waals surface area contributed by atoms with Gasteiger partial charge in [0.1, 0.15) is 8.07 Å². The lowest BCUT2D eigenvalue weighted by Crippen LogP contribution is -2.44. The van der Waals surface area contributed by atoms with Crippen LogP contribution in [-0.2, 0) is 0 Å². The number of allylic oxidation sites excluding steroid dienone is 1. The lowest BCUT2D eigenvalue weighted by molar-refractivity contribution is 1.70. The monoisotopic (exact) mass is 377 g/mol. The van der Waals surface area contributed by atoms with E-state index in [-0.39, 0.29) is 0 Å². The van der Waals surface area contributed by atoms with Crippen molar-refractivity contribution in [3.05, 3.63) is 71.6 Å². The van der Waals surface area contributed by atoms with Crippen LogP contribution in [0.1, 0.15) is 0 Å². The maximum atomic E-state index is 3.67. The van der Waals surface area contributed by atoms with Crippen LogP contribution in [0.5, 0.6) is 0 Å². The van der Waals surface area contributed by atoms with E-state index < -0.39 is 24.9 Å². The molecule has 0 amide bonds. The van der Waals surface area contributed by atoms with Crippen molar-refractivity contribution in [2.75, 3.05) is 0 Å². The number of hydrogen-bond acceptors (Lipinski definition) is 0. The Hall–Kier alpha value is -1.61. The average Bonchev–Trinajstić information content (AvgIpc) is 2.53. The van der Waals surface area contributed by atoms with Gasteiger partial charge in [-0.05, 0) is 15.6 Å². The average molecular weight is 378 g/mol. The van der Waals surface area contributed by atoms with E-state index >= 15 is 0 Å². The van der Waals surface area contributed by atoms with Crippen molar-refractivity contribution >= 4 is 35.3 Å². The minimum atomic E-state index is -1.41. The first-order chi connectivity index (χ1) is 11.7. The molecule has 0 nitrogen and oxygen atoms in total. The third-order valence-corrected chi connectivity index (χ3v) is 8.49. The fourth-order valence-corrected chi connectivity index (χ4v) is 8.19. The van der Waals surface area contributed by atoms with Gasteiger partial charge in [0.2, 0.25) is 0 Å². The quantitative estimate of drug-likeness (QED) is 0.543. The van der Waals surface area contributed by atoms with E-state index in [4.69, 9.17) is 0 Å². The third-order valence-electron chi connectivity index (χ3n) is 3.54. The van der Waals surface area contributed by atoms with Gasteiger partial charge in [-0.2, -0.15) is 0 Å². The summed E-state index contributed by atoms with van der Waals surface area (Å²) in [6.45, 7) is 14.2. The van der Waals surface area contributed by atoms with Crippen LogP contribution >= 0.6 is 0 Å². The molecule has 0 heterocycles. The molecule has 0 N–H and O–H groups in total. The Balaban J connectivity index is 2.65. The van der Waals surface area contributed by atoms with Crippen LogP contribution in [0, 0.1) is 11.5 Å². The minimum absolute atomic E-state index is 1.05. The summed E-state index contributed by atoms with van der Waals surface area (Å²) in [5.41, 5.74) is 6.17. The molecule has 1 radical (unpaired) electrons. The van der Waals surface area contributed by atoms with Crippen LogP contribution in [0.15, 0.2) is 71.6 Å². The molecule has 0 bridgehead atoms. The van der Waals surface area contributed by atoms with Crippen molar-refractivity contribution in [2.45, 2.75) is 39.3 Å². The third kappa shape index (κ3) is 6.66. The highest BCUT2D eigenvalue weighted by Crippen LogP contribution is 2.11. The fourth-order valence-electron chi connectivity index (χ4n) is 2.55. The van der Waals surface area contributed by atoms with Crippen LogP contribution in [0.3, 0.4) is 0 Å². The highest BCUT2D eigenvalue weighted by Gasteiger charge is 2.23. The minimum Gasteiger partial charge on any atom is -0.127 e. The van der Waals surface area contributed by atoms with Gasteiger partial charge in [0.15, 0.2) is 8.80 Å². The van der Waals surface area contributed by atoms with E-state index in [2.05, 4.69) is 117 Å². The Labute approximate surface area is 157 Å². The maximum Gasteiger partial charge on any atom is 0.164 e. The van der Waals surface area contributed by atoms with Crippen LogP contribution in [0.25, 0.3) is 0 Å². The maximum absolute atomic E-state index is 3.67. The lowest BCUT2D eigenvalue weighted by atomic mass is 10.4. The van der Waals surface area contributed by atoms with E-state index in [9.17, 15) is 0 Å². The highest BCUT2D eigenvalue weighted by molar-refractivity contribution is 6.94. The number of benzene rings is 2. The second kappa shape index (κ2) is 8.18. The summed E-state index contributed by atoms with van der Waals surface area (Å²) in [5.74, 6) is 3.67. The summed E-state index contributed by atoms with van der Waals surface area (Å²) in [4.78, 5) is 0. The Morgan fingerprint density at radius 3 is 1.56 bits per heavy atom. The standard InChI is InChI=1S/C22H29Si3/c1-24(2,3)18-17-22(19-25(4,5)6)23(20-13-9-7-10-14-20)21-15-11-8-12-16-21/h7-16,19H,1-6H3/b22-19+. The van der Waals surface area contributed by atoms with Gasteiger partial charge in [-0.1, -0.05) is 112 Å². The summed E-state index contributed by atoms with van der Waals surface area (Å²) in [6, 6.07) is 21.9. The van der Waals surface area contributed by atoms with Crippen LogP contribution in [-0.4, -0.2) is 24.9 Å². The van der Waals surface area contributed by atoms with Gasteiger partial charge in [0, 0.05) is 0 Å². The smallest absolute Gasteiger partial charge is 0.127 e. The Morgan fingerprint density at radius 2 is 1.20 bits per heavy atom.